The van der Waals surface area contributed by atoms with Gasteiger partial charge in [-0.15, -0.1) is 0 Å². The van der Waals surface area contributed by atoms with Crippen LogP contribution in [0.4, 0.5) is 0 Å². The molecule has 0 spiro atoms. The average molecular weight is 281 g/mol. The molecule has 1 aromatic heterocycles. The van der Waals surface area contributed by atoms with E-state index in [9.17, 15) is 9.59 Å². The molecule has 0 fully saturated rings. The summed E-state index contributed by atoms with van der Waals surface area (Å²) in [4.78, 5) is 23.9. The molecular weight excluding hydrogens is 262 g/mol. The normalized spacial score (nSPS) is 10.5. The molecule has 0 bridgehead atoms. The van der Waals surface area contributed by atoms with Gasteiger partial charge in [0.15, 0.2) is 0 Å². The van der Waals surface area contributed by atoms with Crippen molar-refractivity contribution in [2.75, 3.05) is 0 Å². The first kappa shape index (κ1) is 15.4. The van der Waals surface area contributed by atoms with Gasteiger partial charge in [0.1, 0.15) is 11.5 Å². The highest BCUT2D eigenvalue weighted by Crippen LogP contribution is 1.97. The predicted molar refractivity (Wildman–Crippen MR) is 79.1 cm³/mol. The summed E-state index contributed by atoms with van der Waals surface area (Å²) in [5, 5.41) is 2.88. The number of aromatic nitrogens is 1. The zero-order valence-electron chi connectivity index (χ0n) is 11.2. The van der Waals surface area contributed by atoms with Gasteiger partial charge in [0.25, 0.3) is 5.56 Å². The molecule has 5 nitrogen and oxygen atoms in total. The quantitative estimate of drug-likeness (QED) is 0.756. The molecule has 0 aliphatic carbocycles. The van der Waals surface area contributed by atoms with Crippen LogP contribution in [0.25, 0.3) is 0 Å². The first-order valence-corrected chi connectivity index (χ1v) is 6.69. The van der Waals surface area contributed by atoms with Crippen LogP contribution in [0, 0.1) is 0 Å². The lowest BCUT2D eigenvalue weighted by Crippen LogP contribution is -2.39. The number of rotatable bonds is 6. The first-order chi connectivity index (χ1) is 8.99. The van der Waals surface area contributed by atoms with E-state index >= 15 is 0 Å². The van der Waals surface area contributed by atoms with E-state index in [0.29, 0.717) is 0 Å². The Labute approximate surface area is 117 Å². The van der Waals surface area contributed by atoms with E-state index in [1.807, 2.05) is 13.8 Å². The lowest BCUT2D eigenvalue weighted by molar-refractivity contribution is -0.122. The SMILES string of the molecule is CCC(CC)NC(=O)Cn1cccc(C(N)=S)c1=O. The Morgan fingerprint density at radius 3 is 2.63 bits per heavy atom. The highest BCUT2D eigenvalue weighted by molar-refractivity contribution is 7.80. The number of thiocarbonyl (C=S) groups is 1. The minimum Gasteiger partial charge on any atom is -0.389 e. The van der Waals surface area contributed by atoms with Gasteiger partial charge < -0.3 is 15.6 Å². The van der Waals surface area contributed by atoms with Gasteiger partial charge in [0.05, 0.1) is 5.56 Å². The van der Waals surface area contributed by atoms with Crippen LogP contribution in [0.1, 0.15) is 32.3 Å². The van der Waals surface area contributed by atoms with E-state index in [1.165, 1.54) is 4.57 Å². The molecule has 0 unspecified atom stereocenters. The van der Waals surface area contributed by atoms with Crippen molar-refractivity contribution in [1.29, 1.82) is 0 Å². The monoisotopic (exact) mass is 281 g/mol. The Kier molecular flexibility index (Phi) is 5.69. The third-order valence-corrected chi connectivity index (χ3v) is 3.17. The molecule has 6 heteroatoms. The second kappa shape index (κ2) is 7.04. The molecule has 0 saturated carbocycles. The molecule has 0 aliphatic rings. The summed E-state index contributed by atoms with van der Waals surface area (Å²) < 4.78 is 1.31. The Balaban J connectivity index is 2.83. The van der Waals surface area contributed by atoms with E-state index in [2.05, 4.69) is 5.32 Å². The summed E-state index contributed by atoms with van der Waals surface area (Å²) in [6.07, 6.45) is 3.28. The predicted octanol–water partition coefficient (Wildman–Crippen LogP) is 0.787. The van der Waals surface area contributed by atoms with Crippen LogP contribution < -0.4 is 16.6 Å². The maximum atomic E-state index is 12.0. The van der Waals surface area contributed by atoms with Gasteiger partial charge in [-0.25, -0.2) is 0 Å². The molecule has 0 saturated heterocycles. The molecule has 1 aromatic rings. The molecule has 0 aliphatic heterocycles. The summed E-state index contributed by atoms with van der Waals surface area (Å²) in [6, 6.07) is 3.35. The second-order valence-corrected chi connectivity index (χ2v) is 4.74. The summed E-state index contributed by atoms with van der Waals surface area (Å²) in [5.41, 5.74) is 5.37. The fourth-order valence-electron chi connectivity index (χ4n) is 1.77. The van der Waals surface area contributed by atoms with Crippen LogP contribution in [0.2, 0.25) is 0 Å². The number of hydrogen-bond donors (Lipinski definition) is 2. The standard InChI is InChI=1S/C13H19N3O2S/c1-3-9(4-2)15-11(17)8-16-7-5-6-10(12(14)19)13(16)18/h5-7,9H,3-4,8H2,1-2H3,(H2,14,19)(H,15,17). The lowest BCUT2D eigenvalue weighted by Gasteiger charge is -2.15. The molecule has 0 radical (unpaired) electrons. The molecular formula is C13H19N3O2S. The van der Waals surface area contributed by atoms with Gasteiger partial charge in [-0.3, -0.25) is 9.59 Å². The lowest BCUT2D eigenvalue weighted by atomic mass is 10.2. The Morgan fingerprint density at radius 2 is 2.11 bits per heavy atom. The second-order valence-electron chi connectivity index (χ2n) is 4.30. The summed E-state index contributed by atoms with van der Waals surface area (Å²) in [5.74, 6) is -0.184. The number of nitrogens with two attached hydrogens (primary N) is 1. The van der Waals surface area contributed by atoms with Gasteiger partial charge in [-0.1, -0.05) is 26.1 Å². The maximum absolute atomic E-state index is 12.0. The van der Waals surface area contributed by atoms with Crippen LogP contribution in [0.5, 0.6) is 0 Å². The summed E-state index contributed by atoms with van der Waals surface area (Å²) in [7, 11) is 0. The summed E-state index contributed by atoms with van der Waals surface area (Å²) >= 11 is 4.79. The van der Waals surface area contributed by atoms with Crippen molar-refractivity contribution >= 4 is 23.1 Å². The van der Waals surface area contributed by atoms with Crippen LogP contribution >= 0.6 is 12.2 Å². The van der Waals surface area contributed by atoms with Crippen molar-refractivity contribution in [3.05, 3.63) is 34.2 Å². The smallest absolute Gasteiger partial charge is 0.261 e. The van der Waals surface area contributed by atoms with E-state index in [4.69, 9.17) is 18.0 Å². The fraction of sp³-hybridized carbons (Fsp3) is 0.462. The number of carbonyl (C=O) groups excluding carboxylic acids is 1. The van der Waals surface area contributed by atoms with Gasteiger partial charge in [0.2, 0.25) is 5.91 Å². The van der Waals surface area contributed by atoms with Crippen LogP contribution in [0.3, 0.4) is 0 Å². The van der Waals surface area contributed by atoms with Gasteiger partial charge in [-0.2, -0.15) is 0 Å². The third-order valence-electron chi connectivity index (χ3n) is 2.95. The van der Waals surface area contributed by atoms with Crippen LogP contribution in [-0.4, -0.2) is 21.5 Å². The van der Waals surface area contributed by atoms with Crippen molar-refractivity contribution < 1.29 is 4.79 Å². The van der Waals surface area contributed by atoms with Gasteiger partial charge in [-0.05, 0) is 25.0 Å². The minimum atomic E-state index is -0.338. The van der Waals surface area contributed by atoms with Gasteiger partial charge >= 0.3 is 0 Å². The average Bonchev–Trinajstić information content (AvgIpc) is 2.38. The van der Waals surface area contributed by atoms with Crippen LogP contribution in [0.15, 0.2) is 23.1 Å². The minimum absolute atomic E-state index is 0.0220. The molecule has 0 aromatic carbocycles. The van der Waals surface area contributed by atoms with E-state index in [1.54, 1.807) is 18.3 Å². The van der Waals surface area contributed by atoms with E-state index < -0.39 is 0 Å². The Hall–Kier alpha value is -1.69. The molecule has 0 atom stereocenters. The topological polar surface area (TPSA) is 77.1 Å². The van der Waals surface area contributed by atoms with Crippen molar-refractivity contribution in [3.63, 3.8) is 0 Å². The molecule has 19 heavy (non-hydrogen) atoms. The fourth-order valence-corrected chi connectivity index (χ4v) is 1.93. The molecule has 1 heterocycles. The zero-order chi connectivity index (χ0) is 14.4. The largest absolute Gasteiger partial charge is 0.389 e. The number of pyridine rings is 1. The van der Waals surface area contributed by atoms with Crippen molar-refractivity contribution in [2.24, 2.45) is 5.73 Å². The molecule has 1 rings (SSSR count). The highest BCUT2D eigenvalue weighted by Gasteiger charge is 2.11. The number of amides is 1. The van der Waals surface area contributed by atoms with E-state index in [-0.39, 0.29) is 34.6 Å². The molecule has 1 amide bonds. The van der Waals surface area contributed by atoms with Crippen molar-refractivity contribution in [1.82, 2.24) is 9.88 Å². The first-order valence-electron chi connectivity index (χ1n) is 6.28. The number of nitrogens with zero attached hydrogens (tertiary/aromatic N) is 1. The number of nitrogens with one attached hydrogen (secondary N) is 1. The Bertz CT molecular complexity index is 521. The Morgan fingerprint density at radius 1 is 1.47 bits per heavy atom. The maximum Gasteiger partial charge on any atom is 0.261 e. The van der Waals surface area contributed by atoms with Gasteiger partial charge in [0, 0.05) is 12.2 Å². The van der Waals surface area contributed by atoms with Crippen molar-refractivity contribution in [2.45, 2.75) is 39.3 Å². The van der Waals surface area contributed by atoms with E-state index in [0.717, 1.165) is 12.8 Å². The number of carbonyl (C=O) groups is 1. The highest BCUT2D eigenvalue weighted by atomic mass is 32.1. The summed E-state index contributed by atoms with van der Waals surface area (Å²) in [6.45, 7) is 3.99. The number of hydrogen-bond acceptors (Lipinski definition) is 3. The van der Waals surface area contributed by atoms with Crippen LogP contribution in [-0.2, 0) is 11.3 Å². The third kappa shape index (κ3) is 4.17. The zero-order valence-corrected chi connectivity index (χ0v) is 12.0. The molecule has 104 valence electrons. The van der Waals surface area contributed by atoms with Crippen molar-refractivity contribution in [3.8, 4) is 0 Å². The molecule has 3 N–H and O–H groups in total.